The second-order valence-electron chi connectivity index (χ2n) is 0.346. The molecule has 0 rings (SSSR count). The molecule has 0 saturated heterocycles. The summed E-state index contributed by atoms with van der Waals surface area (Å²) in [5.41, 5.74) is 0. The van der Waals surface area contributed by atoms with E-state index in [1.165, 1.54) is 0 Å². The van der Waals surface area contributed by atoms with Gasteiger partial charge < -0.3 is 17.9 Å². The Hall–Kier alpha value is 2.71. The molecule has 0 aliphatic rings. The van der Waals surface area contributed by atoms with Crippen LogP contribution in [-0.2, 0) is 0 Å². The van der Waals surface area contributed by atoms with Crippen LogP contribution < -0.4 is 0 Å². The van der Waals surface area contributed by atoms with Crippen LogP contribution in [0, 0.1) is 35.6 Å². The maximum atomic E-state index is 7.17. The molecule has 0 aromatic carbocycles. The Labute approximate surface area is 107 Å². The molecule has 0 aromatic heterocycles. The predicted octanol–water partition coefficient (Wildman–Crippen LogP) is -2.21. The van der Waals surface area contributed by atoms with E-state index in [1.54, 1.807) is 0 Å². The van der Waals surface area contributed by atoms with Gasteiger partial charge in [-0.3, -0.25) is 0 Å². The molecule has 0 spiro atoms. The summed E-state index contributed by atoms with van der Waals surface area (Å²) in [5.74, 6) is 0. The van der Waals surface area contributed by atoms with Gasteiger partial charge in [-0.05, 0) is 0 Å². The Morgan fingerprint density at radius 1 is 1.17 bits per heavy atom. The number of rotatable bonds is 0. The van der Waals surface area contributed by atoms with Crippen molar-refractivity contribution < 1.29 is 53.5 Å². The first-order chi connectivity index (χ1) is 1.73. The zero-order valence-electron chi connectivity index (χ0n) is 5.20. The normalized spacial score (nSPS) is 4.50. The molecule has 6 heteroatoms. The quantitative estimate of drug-likeness (QED) is 0.439. The van der Waals surface area contributed by atoms with E-state index in [0.717, 1.165) is 0 Å². The van der Waals surface area contributed by atoms with Crippen LogP contribution in [0.4, 0.5) is 0 Å². The van der Waals surface area contributed by atoms with E-state index < -0.39 is 7.32 Å². The summed E-state index contributed by atoms with van der Waals surface area (Å²) in [6.07, 6.45) is 0. The third-order valence-electron chi connectivity index (χ3n) is 0. The topological polar surface area (TPSA) is 60.7 Å². The Bertz CT molecular complexity index is 22.0. The van der Waals surface area contributed by atoms with Crippen molar-refractivity contribution in [2.45, 2.75) is 0 Å². The van der Waals surface area contributed by atoms with Crippen LogP contribution in [-0.4, -0.2) is 71.3 Å². The van der Waals surface area contributed by atoms with Crippen LogP contribution >= 0.6 is 0 Å². The van der Waals surface area contributed by atoms with E-state index in [2.05, 4.69) is 0 Å². The van der Waals surface area contributed by atoms with Crippen LogP contribution in [0.1, 0.15) is 2.85 Å². The van der Waals surface area contributed by atoms with Crippen LogP contribution in [0.3, 0.4) is 0 Å². The van der Waals surface area contributed by atoms with Gasteiger partial charge in [0, 0.05) is 35.6 Å². The predicted molar refractivity (Wildman–Crippen MR) is 20.4 cm³/mol. The molecular formula is H5BBaLaO3. The summed E-state index contributed by atoms with van der Waals surface area (Å²) in [4.78, 5) is 0. The van der Waals surface area contributed by atoms with E-state index in [0.29, 0.717) is 0 Å². The molecule has 0 aliphatic carbocycles. The molecule has 3 N–H and O–H groups in total. The molecule has 0 heterocycles. The van der Waals surface area contributed by atoms with Gasteiger partial charge >= 0.3 is 56.2 Å². The molecule has 0 aliphatic heterocycles. The van der Waals surface area contributed by atoms with Gasteiger partial charge in [0.1, 0.15) is 0 Å². The summed E-state index contributed by atoms with van der Waals surface area (Å²) in [6.45, 7) is 0. The summed E-state index contributed by atoms with van der Waals surface area (Å²) < 4.78 is 0. The second-order valence-corrected chi connectivity index (χ2v) is 0.346. The van der Waals surface area contributed by atoms with Gasteiger partial charge in [-0.15, -0.1) is 0 Å². The van der Waals surface area contributed by atoms with Gasteiger partial charge in [0.25, 0.3) is 0 Å². The third-order valence-corrected chi connectivity index (χ3v) is 0. The van der Waals surface area contributed by atoms with Crippen molar-refractivity contribution in [3.63, 3.8) is 0 Å². The van der Waals surface area contributed by atoms with Gasteiger partial charge in [0.15, 0.2) is 0 Å². The van der Waals surface area contributed by atoms with Gasteiger partial charge in [-0.2, -0.15) is 0 Å². The molecule has 0 aromatic rings. The summed E-state index contributed by atoms with van der Waals surface area (Å²) >= 11 is 0. The average molecular weight is 340 g/mol. The molecule has 0 saturated carbocycles. The monoisotopic (exact) mass is 341 g/mol. The Morgan fingerprint density at radius 3 is 1.17 bits per heavy atom. The minimum atomic E-state index is -2.17. The maximum absolute atomic E-state index is 7.17. The molecular weight excluding hydrogens is 335 g/mol. The van der Waals surface area contributed by atoms with Gasteiger partial charge in [-0.1, -0.05) is 0 Å². The van der Waals surface area contributed by atoms with Crippen LogP contribution in [0.25, 0.3) is 0 Å². The summed E-state index contributed by atoms with van der Waals surface area (Å²) in [5, 5.41) is 21.5. The molecule has 1 radical (unpaired) electrons. The maximum Gasteiger partial charge on any atom is 2.00 e. The van der Waals surface area contributed by atoms with Crippen molar-refractivity contribution in [2.24, 2.45) is 0 Å². The van der Waals surface area contributed by atoms with E-state index >= 15 is 0 Å². The van der Waals surface area contributed by atoms with Crippen molar-refractivity contribution in [3.05, 3.63) is 0 Å². The molecule has 6 heavy (non-hydrogen) atoms. The number of hydrogen-bond donors (Lipinski definition) is 3. The smallest absolute Gasteiger partial charge is 1.00 e. The van der Waals surface area contributed by atoms with Crippen LogP contribution in [0.2, 0.25) is 0 Å². The average Bonchev–Trinajstić information content (AvgIpc) is 0.811. The van der Waals surface area contributed by atoms with Crippen molar-refractivity contribution in [1.82, 2.24) is 0 Å². The van der Waals surface area contributed by atoms with E-state index in [-0.39, 0.29) is 87.3 Å². The number of hydrogen-bond acceptors (Lipinski definition) is 3. The fraction of sp³-hybridized carbons (Fsp3) is 0. The van der Waals surface area contributed by atoms with Crippen molar-refractivity contribution in [2.75, 3.05) is 0 Å². The van der Waals surface area contributed by atoms with E-state index in [9.17, 15) is 0 Å². The minimum Gasteiger partial charge on any atom is -1.00 e. The molecule has 0 unspecified atom stereocenters. The fourth-order valence-corrected chi connectivity index (χ4v) is 0. The largest absolute Gasteiger partial charge is 2.00 e. The van der Waals surface area contributed by atoms with Gasteiger partial charge in [-0.25, -0.2) is 0 Å². The Balaban J connectivity index is -0.00000000750. The molecule has 0 bridgehead atoms. The van der Waals surface area contributed by atoms with E-state index in [4.69, 9.17) is 15.1 Å². The van der Waals surface area contributed by atoms with Crippen molar-refractivity contribution in [1.29, 1.82) is 0 Å². The van der Waals surface area contributed by atoms with Crippen LogP contribution in [0.5, 0.6) is 0 Å². The second kappa shape index (κ2) is 10.6. The third kappa shape index (κ3) is 29.8. The SMILES string of the molecule is OB(O)O.[Ba+2].[H-].[H-].[La]. The Morgan fingerprint density at radius 2 is 1.17 bits per heavy atom. The molecule has 0 amide bonds. The minimum absolute atomic E-state index is 0. The van der Waals surface area contributed by atoms with Crippen molar-refractivity contribution in [3.8, 4) is 0 Å². The molecule has 3 nitrogen and oxygen atoms in total. The first-order valence-corrected chi connectivity index (χ1v) is 0.775. The standard InChI is InChI=1S/BH3O3.Ba.La.2H/c2-1(3)4;;;;/h2-4H;;;;/q;+2;;2*-1. The molecule has 0 fully saturated rings. The van der Waals surface area contributed by atoms with Crippen molar-refractivity contribution >= 4 is 56.2 Å². The molecule has 31 valence electrons. The molecule has 0 atom stereocenters. The van der Waals surface area contributed by atoms with Gasteiger partial charge in [0.05, 0.1) is 0 Å². The Kier molecular flexibility index (Phi) is 28.2. The summed E-state index contributed by atoms with van der Waals surface area (Å²) in [6, 6.07) is 0. The summed E-state index contributed by atoms with van der Waals surface area (Å²) in [7, 11) is -2.17. The fourth-order valence-electron chi connectivity index (χ4n) is 0. The van der Waals surface area contributed by atoms with Gasteiger partial charge in [0.2, 0.25) is 0 Å². The first kappa shape index (κ1) is 15.9. The zero-order chi connectivity index (χ0) is 3.58. The van der Waals surface area contributed by atoms with E-state index in [1.807, 2.05) is 0 Å². The first-order valence-electron chi connectivity index (χ1n) is 0.775. The zero-order valence-corrected chi connectivity index (χ0v) is 11.3. The van der Waals surface area contributed by atoms with Crippen LogP contribution in [0.15, 0.2) is 0 Å².